The van der Waals surface area contributed by atoms with Gasteiger partial charge in [-0.25, -0.2) is 13.4 Å². The van der Waals surface area contributed by atoms with Gasteiger partial charge in [0.15, 0.2) is 11.5 Å². The second kappa shape index (κ2) is 12.7. The van der Waals surface area contributed by atoms with Crippen molar-refractivity contribution in [3.63, 3.8) is 0 Å². The van der Waals surface area contributed by atoms with Gasteiger partial charge in [0.2, 0.25) is 10.0 Å². The van der Waals surface area contributed by atoms with Gasteiger partial charge < -0.3 is 14.8 Å². The molecule has 0 bridgehead atoms. The molecule has 1 aliphatic rings. The molecule has 0 spiro atoms. The molecular weight excluding hydrogens is 540 g/mol. The van der Waals surface area contributed by atoms with Crippen LogP contribution in [0.2, 0.25) is 0 Å². The summed E-state index contributed by atoms with van der Waals surface area (Å²) in [5.74, 6) is 0.945. The summed E-state index contributed by atoms with van der Waals surface area (Å²) in [5.41, 5.74) is 3.21. The number of benzene rings is 2. The van der Waals surface area contributed by atoms with E-state index in [9.17, 15) is 13.2 Å². The zero-order valence-electron chi connectivity index (χ0n) is 23.3. The molecule has 1 amide bonds. The highest BCUT2D eigenvalue weighted by atomic mass is 32.2. The van der Waals surface area contributed by atoms with Crippen LogP contribution >= 0.6 is 0 Å². The molecule has 1 aliphatic heterocycles. The molecule has 0 atom stereocenters. The van der Waals surface area contributed by atoms with E-state index in [-0.39, 0.29) is 10.8 Å². The van der Waals surface area contributed by atoms with Crippen LogP contribution in [0.5, 0.6) is 11.5 Å². The minimum Gasteiger partial charge on any atom is -0.493 e. The molecule has 9 nitrogen and oxygen atoms in total. The summed E-state index contributed by atoms with van der Waals surface area (Å²) in [6.45, 7) is 1.37. The average molecular weight is 575 g/mol. The molecule has 4 aromatic rings. The maximum Gasteiger partial charge on any atom is 0.252 e. The van der Waals surface area contributed by atoms with Crippen molar-refractivity contribution in [3.8, 4) is 22.8 Å². The van der Waals surface area contributed by atoms with Crippen molar-refractivity contribution in [3.05, 3.63) is 78.1 Å². The Balaban J connectivity index is 1.47. The van der Waals surface area contributed by atoms with Crippen molar-refractivity contribution in [1.29, 1.82) is 0 Å². The van der Waals surface area contributed by atoms with Gasteiger partial charge in [-0.1, -0.05) is 18.9 Å². The van der Waals surface area contributed by atoms with Crippen molar-refractivity contribution in [2.24, 2.45) is 0 Å². The van der Waals surface area contributed by atoms with Crippen molar-refractivity contribution in [2.45, 2.75) is 37.0 Å². The number of rotatable bonds is 9. The third-order valence-electron chi connectivity index (χ3n) is 7.33. The number of nitrogens with zero attached hydrogens (tertiary/aromatic N) is 3. The SMILES string of the molecule is COc1ccc(CCNC(=O)c2cc(-c3cccnc3)nc3ccc(S(=O)(=O)N4CCCCCC4)cc23)cc1OC. The highest BCUT2D eigenvalue weighted by Gasteiger charge is 2.26. The highest BCUT2D eigenvalue weighted by molar-refractivity contribution is 7.89. The number of hydrogen-bond donors (Lipinski definition) is 1. The highest BCUT2D eigenvalue weighted by Crippen LogP contribution is 2.30. The van der Waals surface area contributed by atoms with Gasteiger partial charge >= 0.3 is 0 Å². The summed E-state index contributed by atoms with van der Waals surface area (Å²) in [5, 5.41) is 3.48. The third-order valence-corrected chi connectivity index (χ3v) is 9.23. The van der Waals surface area contributed by atoms with Crippen LogP contribution in [-0.2, 0) is 16.4 Å². The summed E-state index contributed by atoms with van der Waals surface area (Å²) < 4.78 is 39.4. The number of hydrogen-bond acceptors (Lipinski definition) is 7. The molecule has 0 saturated carbocycles. The van der Waals surface area contributed by atoms with E-state index in [4.69, 9.17) is 14.5 Å². The van der Waals surface area contributed by atoms with E-state index in [0.717, 1.165) is 36.8 Å². The van der Waals surface area contributed by atoms with Crippen molar-refractivity contribution >= 4 is 26.8 Å². The summed E-state index contributed by atoms with van der Waals surface area (Å²) >= 11 is 0. The van der Waals surface area contributed by atoms with Crippen LogP contribution in [0.15, 0.2) is 71.9 Å². The van der Waals surface area contributed by atoms with E-state index in [2.05, 4.69) is 10.3 Å². The summed E-state index contributed by atoms with van der Waals surface area (Å²) in [4.78, 5) is 22.7. The molecule has 10 heteroatoms. The topological polar surface area (TPSA) is 111 Å². The summed E-state index contributed by atoms with van der Waals surface area (Å²) in [6.07, 6.45) is 7.67. The average Bonchev–Trinajstić information content (AvgIpc) is 3.31. The van der Waals surface area contributed by atoms with Gasteiger partial charge in [0.25, 0.3) is 5.91 Å². The van der Waals surface area contributed by atoms with Gasteiger partial charge in [0.05, 0.1) is 35.9 Å². The molecule has 214 valence electrons. The zero-order valence-corrected chi connectivity index (χ0v) is 24.1. The lowest BCUT2D eigenvalue weighted by molar-refractivity contribution is 0.0955. The fraction of sp³-hybridized carbons (Fsp3) is 0.323. The maximum atomic E-state index is 13.6. The normalized spacial score (nSPS) is 14.4. The zero-order chi connectivity index (χ0) is 28.8. The molecule has 41 heavy (non-hydrogen) atoms. The molecule has 0 aliphatic carbocycles. The summed E-state index contributed by atoms with van der Waals surface area (Å²) in [6, 6.07) is 15.9. The van der Waals surface area contributed by atoms with Crippen LogP contribution in [0.1, 0.15) is 41.6 Å². The Morgan fingerprint density at radius 3 is 2.44 bits per heavy atom. The lowest BCUT2D eigenvalue weighted by Gasteiger charge is -2.20. The molecule has 1 fully saturated rings. The lowest BCUT2D eigenvalue weighted by Crippen LogP contribution is -2.32. The second-order valence-electron chi connectivity index (χ2n) is 9.99. The summed E-state index contributed by atoms with van der Waals surface area (Å²) in [7, 11) is -0.538. The van der Waals surface area contributed by atoms with Crippen molar-refractivity contribution in [2.75, 3.05) is 33.9 Å². The molecular formula is C31H34N4O5S. The molecule has 0 unspecified atom stereocenters. The Morgan fingerprint density at radius 1 is 0.951 bits per heavy atom. The first-order chi connectivity index (χ1) is 19.9. The fourth-order valence-corrected chi connectivity index (χ4v) is 6.64. The lowest BCUT2D eigenvalue weighted by atomic mass is 10.0. The number of nitrogens with one attached hydrogen (secondary N) is 1. The molecule has 1 N–H and O–H groups in total. The standard InChI is InChI=1S/C31H34N4O5S/c1-39-29-12-9-22(18-30(29)40-2)13-15-33-31(36)26-20-28(23-8-7-14-32-21-23)34-27-11-10-24(19-25(26)27)41(37,38)35-16-5-3-4-6-17-35/h7-12,14,18-21H,3-6,13,15-17H2,1-2H3,(H,33,36). The van der Waals surface area contributed by atoms with Crippen molar-refractivity contribution in [1.82, 2.24) is 19.6 Å². The Kier molecular flexibility index (Phi) is 8.80. The predicted molar refractivity (Wildman–Crippen MR) is 158 cm³/mol. The maximum absolute atomic E-state index is 13.6. The number of carbonyl (C=O) groups excluding carboxylic acids is 1. The van der Waals surface area contributed by atoms with Crippen molar-refractivity contribution < 1.29 is 22.7 Å². The van der Waals surface area contributed by atoms with E-state index in [1.54, 1.807) is 61.3 Å². The van der Waals surface area contributed by atoms with Crippen LogP contribution in [0.4, 0.5) is 0 Å². The van der Waals surface area contributed by atoms with E-state index < -0.39 is 10.0 Å². The first-order valence-electron chi connectivity index (χ1n) is 13.7. The van der Waals surface area contributed by atoms with Gasteiger partial charge in [-0.15, -0.1) is 0 Å². The Hall–Kier alpha value is -4.02. The second-order valence-corrected chi connectivity index (χ2v) is 11.9. The quantitative estimate of drug-likeness (QED) is 0.304. The monoisotopic (exact) mass is 574 g/mol. The number of pyridine rings is 2. The van der Waals surface area contributed by atoms with Crippen LogP contribution in [0, 0.1) is 0 Å². The first kappa shape index (κ1) is 28.5. The van der Waals surface area contributed by atoms with E-state index in [1.165, 1.54) is 0 Å². The van der Waals surface area contributed by atoms with Gasteiger partial charge in [-0.2, -0.15) is 4.31 Å². The minimum absolute atomic E-state index is 0.169. The van der Waals surface area contributed by atoms with E-state index in [1.807, 2.05) is 24.3 Å². The number of carbonyl (C=O) groups is 1. The number of sulfonamides is 1. The van der Waals surface area contributed by atoms with Gasteiger partial charge in [0.1, 0.15) is 0 Å². The molecule has 3 heterocycles. The van der Waals surface area contributed by atoms with Gasteiger partial charge in [0, 0.05) is 43.0 Å². The smallest absolute Gasteiger partial charge is 0.252 e. The minimum atomic E-state index is -3.71. The Labute approximate surface area is 240 Å². The molecule has 0 radical (unpaired) electrons. The molecule has 1 saturated heterocycles. The number of fused-ring (bicyclic) bond motifs is 1. The fourth-order valence-electron chi connectivity index (χ4n) is 5.10. The van der Waals surface area contributed by atoms with Gasteiger partial charge in [-0.3, -0.25) is 9.78 Å². The number of methoxy groups -OCH3 is 2. The number of ether oxygens (including phenoxy) is 2. The Morgan fingerprint density at radius 2 is 1.73 bits per heavy atom. The van der Waals surface area contributed by atoms with E-state index in [0.29, 0.717) is 59.7 Å². The molecule has 2 aromatic heterocycles. The predicted octanol–water partition coefficient (Wildman–Crippen LogP) is 4.85. The largest absolute Gasteiger partial charge is 0.493 e. The van der Waals surface area contributed by atoms with Gasteiger partial charge in [-0.05, 0) is 73.4 Å². The van der Waals surface area contributed by atoms with E-state index >= 15 is 0 Å². The van der Waals surface area contributed by atoms with Crippen LogP contribution in [-0.4, -0.2) is 62.5 Å². The van der Waals surface area contributed by atoms with Crippen LogP contribution in [0.3, 0.4) is 0 Å². The molecule has 2 aromatic carbocycles. The number of amides is 1. The van der Waals surface area contributed by atoms with Crippen LogP contribution < -0.4 is 14.8 Å². The third kappa shape index (κ3) is 6.34. The Bertz CT molecular complexity index is 1640. The first-order valence-corrected chi connectivity index (χ1v) is 15.2. The van der Waals surface area contributed by atoms with Crippen LogP contribution in [0.25, 0.3) is 22.2 Å². The molecule has 5 rings (SSSR count). The number of aromatic nitrogens is 2.